The van der Waals surface area contributed by atoms with Gasteiger partial charge in [0.05, 0.1) is 0 Å². The summed E-state index contributed by atoms with van der Waals surface area (Å²) < 4.78 is 71.6. The largest absolute Gasteiger partial charge is 0.454 e. The SMILES string of the molecule is CC(C)C(NS(=O)(=O)c1ccccc1F)C(=O)OCC(=O)Nc1ccc(F)c(F)c1. The number of sulfonamides is 1. The number of carbonyl (C=O) groups is 2. The molecule has 7 nitrogen and oxygen atoms in total. The highest BCUT2D eigenvalue weighted by Gasteiger charge is 2.31. The summed E-state index contributed by atoms with van der Waals surface area (Å²) in [6.45, 7) is 2.25. The molecule has 1 atom stereocenters. The zero-order valence-corrected chi connectivity index (χ0v) is 16.8. The van der Waals surface area contributed by atoms with Gasteiger partial charge in [-0.3, -0.25) is 9.59 Å². The average molecular weight is 444 g/mol. The predicted octanol–water partition coefficient (Wildman–Crippen LogP) is 2.59. The zero-order chi connectivity index (χ0) is 22.5. The van der Waals surface area contributed by atoms with Gasteiger partial charge < -0.3 is 10.1 Å². The van der Waals surface area contributed by atoms with Crippen LogP contribution in [0.1, 0.15) is 13.8 Å². The number of rotatable bonds is 8. The summed E-state index contributed by atoms with van der Waals surface area (Å²) in [6.07, 6.45) is 0. The molecule has 0 saturated carbocycles. The predicted molar refractivity (Wildman–Crippen MR) is 101 cm³/mol. The molecule has 2 N–H and O–H groups in total. The summed E-state index contributed by atoms with van der Waals surface area (Å²) in [5.41, 5.74) is -0.0596. The fourth-order valence-electron chi connectivity index (χ4n) is 2.35. The van der Waals surface area contributed by atoms with Gasteiger partial charge in [0.15, 0.2) is 18.2 Å². The first kappa shape index (κ1) is 23.4. The summed E-state index contributed by atoms with van der Waals surface area (Å²) in [6, 6.07) is 5.90. The molecule has 1 amide bonds. The molecule has 0 heterocycles. The number of esters is 1. The van der Waals surface area contributed by atoms with Gasteiger partial charge in [-0.05, 0) is 30.2 Å². The Balaban J connectivity index is 2.02. The van der Waals surface area contributed by atoms with Crippen molar-refractivity contribution in [2.75, 3.05) is 11.9 Å². The Kier molecular flexibility index (Phi) is 7.57. The van der Waals surface area contributed by atoms with Gasteiger partial charge in [-0.1, -0.05) is 26.0 Å². The van der Waals surface area contributed by atoms with Crippen molar-refractivity contribution in [3.8, 4) is 0 Å². The minimum atomic E-state index is -4.38. The van der Waals surface area contributed by atoms with Crippen molar-refractivity contribution in [1.29, 1.82) is 0 Å². The second kappa shape index (κ2) is 9.72. The van der Waals surface area contributed by atoms with Gasteiger partial charge in [0.1, 0.15) is 16.8 Å². The lowest BCUT2D eigenvalue weighted by atomic mass is 10.1. The molecule has 0 spiro atoms. The normalized spacial score (nSPS) is 12.5. The van der Waals surface area contributed by atoms with Crippen molar-refractivity contribution in [3.63, 3.8) is 0 Å². The molecule has 0 aliphatic rings. The molecular weight excluding hydrogens is 425 g/mol. The monoisotopic (exact) mass is 444 g/mol. The maximum absolute atomic E-state index is 13.8. The van der Waals surface area contributed by atoms with Crippen LogP contribution < -0.4 is 10.0 Å². The zero-order valence-electron chi connectivity index (χ0n) is 16.0. The molecule has 30 heavy (non-hydrogen) atoms. The minimum Gasteiger partial charge on any atom is -0.454 e. The Labute approximate surface area is 171 Å². The van der Waals surface area contributed by atoms with Gasteiger partial charge in [-0.25, -0.2) is 21.6 Å². The maximum atomic E-state index is 13.8. The van der Waals surface area contributed by atoms with Crippen LogP contribution in [-0.2, 0) is 24.3 Å². The van der Waals surface area contributed by atoms with Crippen molar-refractivity contribution in [3.05, 3.63) is 59.9 Å². The molecule has 11 heteroatoms. The summed E-state index contributed by atoms with van der Waals surface area (Å²) >= 11 is 0. The molecule has 1 unspecified atom stereocenters. The van der Waals surface area contributed by atoms with Crippen molar-refractivity contribution < 1.29 is 35.9 Å². The van der Waals surface area contributed by atoms with E-state index in [-0.39, 0.29) is 5.69 Å². The molecular formula is C19H19F3N2O5S. The first-order valence-electron chi connectivity index (χ1n) is 8.69. The second-order valence-corrected chi connectivity index (χ2v) is 8.24. The van der Waals surface area contributed by atoms with Gasteiger partial charge in [0.2, 0.25) is 10.0 Å². The van der Waals surface area contributed by atoms with Gasteiger partial charge in [-0.2, -0.15) is 4.72 Å². The van der Waals surface area contributed by atoms with E-state index in [0.717, 1.165) is 30.3 Å². The molecule has 0 radical (unpaired) electrons. The molecule has 0 aliphatic carbocycles. The number of anilines is 1. The van der Waals surface area contributed by atoms with Crippen LogP contribution >= 0.6 is 0 Å². The molecule has 2 aromatic carbocycles. The van der Waals surface area contributed by atoms with E-state index in [0.29, 0.717) is 0 Å². The highest BCUT2D eigenvalue weighted by atomic mass is 32.2. The van der Waals surface area contributed by atoms with Crippen LogP contribution in [0.25, 0.3) is 0 Å². The first-order chi connectivity index (χ1) is 14.0. The van der Waals surface area contributed by atoms with E-state index in [1.54, 1.807) is 0 Å². The molecule has 0 bridgehead atoms. The number of carbonyl (C=O) groups excluding carboxylic acids is 2. The summed E-state index contributed by atoms with van der Waals surface area (Å²) in [4.78, 5) is 23.5. The molecule has 0 saturated heterocycles. The van der Waals surface area contributed by atoms with E-state index in [1.165, 1.54) is 26.0 Å². The highest BCUT2D eigenvalue weighted by molar-refractivity contribution is 7.89. The average Bonchev–Trinajstić information content (AvgIpc) is 2.67. The van der Waals surface area contributed by atoms with E-state index in [2.05, 4.69) is 10.0 Å². The molecule has 0 fully saturated rings. The van der Waals surface area contributed by atoms with E-state index < -0.39 is 62.8 Å². The van der Waals surface area contributed by atoms with Crippen LogP contribution in [-0.4, -0.2) is 32.9 Å². The number of hydrogen-bond acceptors (Lipinski definition) is 5. The Morgan fingerprint density at radius 1 is 1.00 bits per heavy atom. The van der Waals surface area contributed by atoms with Crippen LogP contribution in [0.2, 0.25) is 0 Å². The van der Waals surface area contributed by atoms with Crippen LogP contribution in [0.4, 0.5) is 18.9 Å². The van der Waals surface area contributed by atoms with Crippen molar-refractivity contribution in [2.24, 2.45) is 5.92 Å². The lowest BCUT2D eigenvalue weighted by Gasteiger charge is -2.21. The van der Waals surface area contributed by atoms with E-state index in [1.807, 2.05) is 0 Å². The summed E-state index contributed by atoms with van der Waals surface area (Å²) in [5, 5.41) is 2.20. The summed E-state index contributed by atoms with van der Waals surface area (Å²) in [7, 11) is -4.38. The number of benzene rings is 2. The first-order valence-corrected chi connectivity index (χ1v) is 10.2. The maximum Gasteiger partial charge on any atom is 0.324 e. The van der Waals surface area contributed by atoms with Gasteiger partial charge in [0, 0.05) is 11.8 Å². The van der Waals surface area contributed by atoms with Gasteiger partial charge in [0.25, 0.3) is 5.91 Å². The quantitative estimate of drug-likeness (QED) is 0.610. The van der Waals surface area contributed by atoms with Crippen molar-refractivity contribution in [1.82, 2.24) is 4.72 Å². The second-order valence-electron chi connectivity index (χ2n) is 6.56. The van der Waals surface area contributed by atoms with Crippen LogP contribution in [0.3, 0.4) is 0 Å². The third kappa shape index (κ3) is 6.04. The Morgan fingerprint density at radius 2 is 1.67 bits per heavy atom. The number of amides is 1. The molecule has 2 aromatic rings. The van der Waals surface area contributed by atoms with Crippen LogP contribution in [0, 0.1) is 23.4 Å². The minimum absolute atomic E-state index is 0.0596. The van der Waals surface area contributed by atoms with E-state index in [4.69, 9.17) is 4.74 Å². The third-order valence-electron chi connectivity index (χ3n) is 3.88. The lowest BCUT2D eigenvalue weighted by molar-refractivity contribution is -0.150. The van der Waals surface area contributed by atoms with E-state index >= 15 is 0 Å². The van der Waals surface area contributed by atoms with Crippen LogP contribution in [0.15, 0.2) is 47.4 Å². The molecule has 162 valence electrons. The number of ether oxygens (including phenoxy) is 1. The lowest BCUT2D eigenvalue weighted by Crippen LogP contribution is -2.46. The fourth-order valence-corrected chi connectivity index (χ4v) is 3.76. The van der Waals surface area contributed by atoms with Gasteiger partial charge in [-0.15, -0.1) is 0 Å². The van der Waals surface area contributed by atoms with Crippen LogP contribution in [0.5, 0.6) is 0 Å². The van der Waals surface area contributed by atoms with E-state index in [9.17, 15) is 31.2 Å². The molecule has 2 rings (SSSR count). The number of halogens is 3. The standard InChI is InChI=1S/C19H19F3N2O5S/c1-11(2)18(24-30(27,28)16-6-4-3-5-14(16)21)19(26)29-10-17(25)23-12-7-8-13(20)15(22)9-12/h3-9,11,18,24H,10H2,1-2H3,(H,23,25). The Morgan fingerprint density at radius 3 is 2.27 bits per heavy atom. The third-order valence-corrected chi connectivity index (χ3v) is 5.35. The summed E-state index contributed by atoms with van der Waals surface area (Å²) in [5.74, 6) is -5.77. The number of hydrogen-bond donors (Lipinski definition) is 2. The fraction of sp³-hybridized carbons (Fsp3) is 0.263. The van der Waals surface area contributed by atoms with Crippen molar-refractivity contribution >= 4 is 27.6 Å². The molecule has 0 aliphatic heterocycles. The Bertz CT molecular complexity index is 1040. The Hall–Kier alpha value is -2.92. The smallest absolute Gasteiger partial charge is 0.324 e. The topological polar surface area (TPSA) is 102 Å². The van der Waals surface area contributed by atoms with Gasteiger partial charge >= 0.3 is 5.97 Å². The number of nitrogens with one attached hydrogen (secondary N) is 2. The molecule has 0 aromatic heterocycles. The highest BCUT2D eigenvalue weighted by Crippen LogP contribution is 2.16. The van der Waals surface area contributed by atoms with Crippen molar-refractivity contribution in [2.45, 2.75) is 24.8 Å².